The lowest BCUT2D eigenvalue weighted by atomic mass is 10.1. The quantitative estimate of drug-likeness (QED) is 0.641. The molecule has 0 saturated carbocycles. The number of anilines is 1. The lowest BCUT2D eigenvalue weighted by molar-refractivity contribution is 0.148. The molecule has 1 aromatic rings. The van der Waals surface area contributed by atoms with Crippen molar-refractivity contribution in [3.05, 3.63) is 17.5 Å². The largest absolute Gasteiger partial charge is 0.506 e. The van der Waals surface area contributed by atoms with E-state index in [0.717, 1.165) is 6.20 Å². The zero-order valence-electron chi connectivity index (χ0n) is 6.67. The average molecular weight is 189 g/mol. The first-order valence-corrected chi connectivity index (χ1v) is 3.52. The molecular formula is C7H9F2N3O. The molecule has 1 aromatic heterocycles. The molecule has 13 heavy (non-hydrogen) atoms. The maximum Gasteiger partial charge on any atom is 0.269 e. The molecule has 0 aliphatic carbocycles. The third kappa shape index (κ3) is 1.67. The van der Waals surface area contributed by atoms with Crippen LogP contribution in [-0.4, -0.2) is 10.1 Å². The second-order valence-corrected chi connectivity index (χ2v) is 2.42. The maximum absolute atomic E-state index is 12.3. The summed E-state index contributed by atoms with van der Waals surface area (Å²) < 4.78 is 24.6. The molecule has 0 saturated heterocycles. The number of hydrogen-bond donors (Lipinski definition) is 3. The Hall–Kier alpha value is -1.43. The Bertz CT molecular complexity index is 317. The Morgan fingerprint density at radius 2 is 2.15 bits per heavy atom. The topological polar surface area (TPSA) is 85.2 Å². The highest BCUT2D eigenvalue weighted by Crippen LogP contribution is 2.33. The zero-order chi connectivity index (χ0) is 10.0. The minimum Gasteiger partial charge on any atom is -0.506 e. The van der Waals surface area contributed by atoms with Gasteiger partial charge in [0.15, 0.2) is 0 Å². The van der Waals surface area contributed by atoms with Gasteiger partial charge >= 0.3 is 0 Å². The number of alkyl halides is 2. The van der Waals surface area contributed by atoms with Crippen LogP contribution in [0.15, 0.2) is 6.20 Å². The van der Waals surface area contributed by atoms with Crippen LogP contribution in [0.4, 0.5) is 14.5 Å². The molecule has 1 heterocycles. The summed E-state index contributed by atoms with van der Waals surface area (Å²) in [5.41, 5.74) is 9.83. The summed E-state index contributed by atoms with van der Waals surface area (Å²) in [6.45, 7) is -0.0359. The molecule has 72 valence electrons. The van der Waals surface area contributed by atoms with Crippen molar-refractivity contribution in [2.75, 3.05) is 5.73 Å². The fourth-order valence-corrected chi connectivity index (χ4v) is 0.964. The Morgan fingerprint density at radius 3 is 2.62 bits per heavy atom. The Morgan fingerprint density at radius 1 is 1.54 bits per heavy atom. The first-order chi connectivity index (χ1) is 6.07. The SMILES string of the molecule is NCc1ncc(O)c(C(F)F)c1N. The van der Waals surface area contributed by atoms with E-state index >= 15 is 0 Å². The van der Waals surface area contributed by atoms with Crippen molar-refractivity contribution in [3.8, 4) is 5.75 Å². The van der Waals surface area contributed by atoms with Crippen LogP contribution in [0.25, 0.3) is 0 Å². The van der Waals surface area contributed by atoms with Gasteiger partial charge in [0.25, 0.3) is 6.43 Å². The third-order valence-electron chi connectivity index (χ3n) is 1.63. The molecule has 0 aromatic carbocycles. The standard InChI is InChI=1S/C7H9F2N3O/c8-7(9)5-4(13)2-12-3(1-10)6(5)11/h2,7,13H,1,10-11H2. The number of nitrogens with two attached hydrogens (primary N) is 2. The second kappa shape index (κ2) is 3.53. The number of aromatic hydroxyl groups is 1. The highest BCUT2D eigenvalue weighted by molar-refractivity contribution is 5.56. The van der Waals surface area contributed by atoms with Crippen LogP contribution in [-0.2, 0) is 6.54 Å². The van der Waals surface area contributed by atoms with Crippen molar-refractivity contribution >= 4 is 5.69 Å². The van der Waals surface area contributed by atoms with Crippen LogP contribution >= 0.6 is 0 Å². The van der Waals surface area contributed by atoms with Crippen molar-refractivity contribution in [2.24, 2.45) is 5.73 Å². The minimum absolute atomic E-state index is 0.0359. The van der Waals surface area contributed by atoms with Crippen LogP contribution in [0.2, 0.25) is 0 Å². The monoisotopic (exact) mass is 189 g/mol. The number of nitrogens with zero attached hydrogens (tertiary/aromatic N) is 1. The molecule has 0 fully saturated rings. The summed E-state index contributed by atoms with van der Waals surface area (Å²) in [5.74, 6) is -0.607. The number of hydrogen-bond acceptors (Lipinski definition) is 4. The smallest absolute Gasteiger partial charge is 0.269 e. The van der Waals surface area contributed by atoms with Gasteiger partial charge in [-0.1, -0.05) is 0 Å². The van der Waals surface area contributed by atoms with E-state index in [1.807, 2.05) is 0 Å². The van der Waals surface area contributed by atoms with Gasteiger partial charge in [-0.25, -0.2) is 8.78 Å². The Kier molecular flexibility index (Phi) is 2.62. The first kappa shape index (κ1) is 9.66. The van der Waals surface area contributed by atoms with Gasteiger partial charge in [-0.05, 0) is 0 Å². The number of aromatic nitrogens is 1. The summed E-state index contributed by atoms with van der Waals surface area (Å²) in [6, 6.07) is 0. The molecule has 0 amide bonds. The average Bonchev–Trinajstić information content (AvgIpc) is 2.04. The molecule has 0 aliphatic heterocycles. The third-order valence-corrected chi connectivity index (χ3v) is 1.63. The summed E-state index contributed by atoms with van der Waals surface area (Å²) in [7, 11) is 0. The first-order valence-electron chi connectivity index (χ1n) is 3.52. The van der Waals surface area contributed by atoms with Gasteiger partial charge in [0.2, 0.25) is 0 Å². The van der Waals surface area contributed by atoms with Gasteiger partial charge in [-0.2, -0.15) is 0 Å². The van der Waals surface area contributed by atoms with Crippen LogP contribution in [0.1, 0.15) is 17.7 Å². The normalized spacial score (nSPS) is 10.8. The molecular weight excluding hydrogens is 180 g/mol. The predicted molar refractivity (Wildman–Crippen MR) is 43.2 cm³/mol. The van der Waals surface area contributed by atoms with E-state index in [1.54, 1.807) is 0 Å². The maximum atomic E-state index is 12.3. The number of rotatable bonds is 2. The van der Waals surface area contributed by atoms with Crippen molar-refractivity contribution in [2.45, 2.75) is 13.0 Å². The summed E-state index contributed by atoms with van der Waals surface area (Å²) in [5, 5.41) is 9.02. The highest BCUT2D eigenvalue weighted by Gasteiger charge is 2.19. The fraction of sp³-hybridized carbons (Fsp3) is 0.286. The van der Waals surface area contributed by atoms with E-state index in [4.69, 9.17) is 16.6 Å². The Balaban J connectivity index is 3.30. The van der Waals surface area contributed by atoms with Gasteiger partial charge < -0.3 is 16.6 Å². The lowest BCUT2D eigenvalue weighted by Crippen LogP contribution is -2.07. The van der Waals surface area contributed by atoms with E-state index in [1.165, 1.54) is 0 Å². The van der Waals surface area contributed by atoms with Crippen molar-refractivity contribution < 1.29 is 13.9 Å². The molecule has 0 radical (unpaired) electrons. The van der Waals surface area contributed by atoms with Gasteiger partial charge in [-0.15, -0.1) is 0 Å². The highest BCUT2D eigenvalue weighted by atomic mass is 19.3. The summed E-state index contributed by atoms with van der Waals surface area (Å²) in [4.78, 5) is 3.61. The number of halogens is 2. The molecule has 0 unspecified atom stereocenters. The molecule has 4 nitrogen and oxygen atoms in total. The lowest BCUT2D eigenvalue weighted by Gasteiger charge is -2.09. The Labute approximate surface area is 73.2 Å². The van der Waals surface area contributed by atoms with Gasteiger partial charge in [0.1, 0.15) is 5.75 Å². The predicted octanol–water partition coefficient (Wildman–Crippen LogP) is 0.766. The van der Waals surface area contributed by atoms with Crippen LogP contribution in [0.5, 0.6) is 5.75 Å². The van der Waals surface area contributed by atoms with Crippen molar-refractivity contribution in [3.63, 3.8) is 0 Å². The number of pyridine rings is 1. The molecule has 5 N–H and O–H groups in total. The van der Waals surface area contributed by atoms with Gasteiger partial charge in [0.05, 0.1) is 23.1 Å². The molecule has 1 rings (SSSR count). The van der Waals surface area contributed by atoms with Crippen molar-refractivity contribution in [1.29, 1.82) is 0 Å². The summed E-state index contributed by atoms with van der Waals surface area (Å²) >= 11 is 0. The van der Waals surface area contributed by atoms with Crippen LogP contribution < -0.4 is 11.5 Å². The van der Waals surface area contributed by atoms with Crippen LogP contribution in [0.3, 0.4) is 0 Å². The van der Waals surface area contributed by atoms with Gasteiger partial charge in [-0.3, -0.25) is 4.98 Å². The van der Waals surface area contributed by atoms with E-state index < -0.39 is 17.7 Å². The zero-order valence-corrected chi connectivity index (χ0v) is 6.67. The van der Waals surface area contributed by atoms with Crippen molar-refractivity contribution in [1.82, 2.24) is 4.98 Å². The van der Waals surface area contributed by atoms with E-state index in [9.17, 15) is 8.78 Å². The fourth-order valence-electron chi connectivity index (χ4n) is 0.964. The minimum atomic E-state index is -2.83. The molecule has 6 heteroatoms. The van der Waals surface area contributed by atoms with E-state index in [-0.39, 0.29) is 17.9 Å². The molecule has 0 atom stereocenters. The summed E-state index contributed by atoms with van der Waals surface area (Å²) in [6.07, 6.45) is -1.91. The molecule has 0 aliphatic rings. The van der Waals surface area contributed by atoms with Gasteiger partial charge in [0, 0.05) is 6.54 Å². The van der Waals surface area contributed by atoms with E-state index in [0.29, 0.717) is 0 Å². The number of nitrogen functional groups attached to an aromatic ring is 1. The van der Waals surface area contributed by atoms with Crippen LogP contribution in [0, 0.1) is 0 Å². The molecule has 0 bridgehead atoms. The second-order valence-electron chi connectivity index (χ2n) is 2.42. The molecule has 0 spiro atoms. The van der Waals surface area contributed by atoms with E-state index in [2.05, 4.69) is 4.98 Å².